The number of benzene rings is 2. The molecular formula is C52H81N3O9. The number of oxime groups is 1. The summed E-state index contributed by atoms with van der Waals surface area (Å²) in [5.41, 5.74) is 2.93. The molecule has 64 heavy (non-hydrogen) atoms. The lowest BCUT2D eigenvalue weighted by Crippen LogP contribution is -2.63. The zero-order valence-electron chi connectivity index (χ0n) is 40.2. The predicted molar refractivity (Wildman–Crippen MR) is 254 cm³/mol. The molecule has 358 valence electrons. The molecule has 5 rings (SSSR count). The van der Waals surface area contributed by atoms with E-state index in [0.717, 1.165) is 56.6 Å². The van der Waals surface area contributed by atoms with E-state index in [1.807, 2.05) is 53.1 Å². The maximum Gasteiger partial charge on any atom is 0.308 e. The number of allylic oxidation sites excluding steroid dienone is 3. The second-order valence-corrected chi connectivity index (χ2v) is 19.8. The first-order chi connectivity index (χ1) is 30.6. The number of likely N-dealkylation sites (N-methyl/N-ethyl adjacent to an activating group) is 1. The molecular weight excluding hydrogens is 811 g/mol. The Labute approximate surface area is 383 Å². The van der Waals surface area contributed by atoms with Gasteiger partial charge in [-0.25, -0.2) is 0 Å². The van der Waals surface area contributed by atoms with E-state index in [4.69, 9.17) is 24.2 Å². The van der Waals surface area contributed by atoms with E-state index < -0.39 is 66.8 Å². The van der Waals surface area contributed by atoms with E-state index >= 15 is 0 Å². The molecule has 4 N–H and O–H groups in total. The van der Waals surface area contributed by atoms with E-state index in [1.165, 1.54) is 22.8 Å². The van der Waals surface area contributed by atoms with E-state index in [1.54, 1.807) is 11.8 Å². The summed E-state index contributed by atoms with van der Waals surface area (Å²) in [4.78, 5) is 24.0. The molecule has 0 aromatic heterocycles. The van der Waals surface area contributed by atoms with Crippen LogP contribution in [0.4, 0.5) is 0 Å². The zero-order chi connectivity index (χ0) is 46.5. The fourth-order valence-electron chi connectivity index (χ4n) is 10.3. The number of nitrogens with zero attached hydrogens (tertiary/aromatic N) is 3. The molecule has 0 saturated carbocycles. The van der Waals surface area contributed by atoms with E-state index in [0.29, 0.717) is 31.3 Å². The van der Waals surface area contributed by atoms with Crippen LogP contribution >= 0.6 is 0 Å². The van der Waals surface area contributed by atoms with Crippen molar-refractivity contribution in [1.29, 1.82) is 0 Å². The predicted octanol–water partition coefficient (Wildman–Crippen LogP) is 7.16. The highest BCUT2D eigenvalue weighted by Crippen LogP contribution is 2.36. The number of hydrogen-bond donors (Lipinski definition) is 4. The van der Waals surface area contributed by atoms with Gasteiger partial charge in [-0.2, -0.15) is 0 Å². The average molecular weight is 892 g/mol. The number of carbonyl (C=O) groups is 1. The van der Waals surface area contributed by atoms with Crippen LogP contribution in [0.15, 0.2) is 71.4 Å². The van der Waals surface area contributed by atoms with Gasteiger partial charge in [0.1, 0.15) is 18.8 Å². The highest BCUT2D eigenvalue weighted by molar-refractivity contribution is 5.96. The molecule has 2 fully saturated rings. The number of fused-ring (bicyclic) bond motifs is 1. The van der Waals surface area contributed by atoms with Crippen LogP contribution in [0.1, 0.15) is 99.0 Å². The number of hydrogen-bond acceptors (Lipinski definition) is 12. The van der Waals surface area contributed by atoms with Crippen LogP contribution in [-0.2, 0) is 30.3 Å². The van der Waals surface area contributed by atoms with Crippen molar-refractivity contribution in [3.8, 4) is 0 Å². The Hall–Kier alpha value is -3.20. The number of carbonyl (C=O) groups excluding carboxylic acids is 1. The Bertz CT molecular complexity index is 1830. The van der Waals surface area contributed by atoms with Gasteiger partial charge in [-0.1, -0.05) is 100.0 Å². The smallest absolute Gasteiger partial charge is 0.308 e. The third kappa shape index (κ3) is 14.6. The second kappa shape index (κ2) is 25.1. The van der Waals surface area contributed by atoms with Crippen molar-refractivity contribution in [2.75, 3.05) is 46.9 Å². The largest absolute Gasteiger partial charge is 0.462 e. The molecule has 0 aliphatic carbocycles. The molecule has 12 heteroatoms. The van der Waals surface area contributed by atoms with Crippen molar-refractivity contribution in [3.63, 3.8) is 0 Å². The number of aryl methyl sites for hydroxylation is 1. The molecule has 14 atom stereocenters. The molecule has 3 aliphatic heterocycles. The minimum Gasteiger partial charge on any atom is -0.462 e. The van der Waals surface area contributed by atoms with Gasteiger partial charge in [-0.05, 0) is 120 Å². The average Bonchev–Trinajstić information content (AvgIpc) is 3.25. The van der Waals surface area contributed by atoms with Gasteiger partial charge < -0.3 is 49.3 Å². The van der Waals surface area contributed by atoms with E-state index in [9.17, 15) is 25.2 Å². The van der Waals surface area contributed by atoms with E-state index in [2.05, 4.69) is 68.1 Å². The van der Waals surface area contributed by atoms with Gasteiger partial charge in [0.15, 0.2) is 6.29 Å². The molecule has 2 aromatic carbocycles. The Morgan fingerprint density at radius 2 is 1.64 bits per heavy atom. The summed E-state index contributed by atoms with van der Waals surface area (Å²) in [6.45, 7) is 17.3. The van der Waals surface area contributed by atoms with Crippen LogP contribution in [0.5, 0.6) is 0 Å². The fourth-order valence-corrected chi connectivity index (χ4v) is 10.3. The number of aliphatic hydroxyl groups is 4. The molecule has 3 heterocycles. The van der Waals surface area contributed by atoms with Crippen molar-refractivity contribution >= 4 is 22.5 Å². The molecule has 3 unspecified atom stereocenters. The molecule has 0 amide bonds. The molecule has 0 radical (unpaired) electrons. The summed E-state index contributed by atoms with van der Waals surface area (Å²) in [5, 5.41) is 52.5. The zero-order valence-corrected chi connectivity index (χ0v) is 40.2. The quantitative estimate of drug-likeness (QED) is 0.0869. The number of cyclic esters (lactones) is 1. The van der Waals surface area contributed by atoms with Crippen LogP contribution < -0.4 is 0 Å². The number of rotatable bonds is 14. The number of unbranched alkanes of at least 4 members (excludes halogenated alkanes) is 1. The van der Waals surface area contributed by atoms with Crippen molar-refractivity contribution in [3.05, 3.63) is 71.8 Å². The lowest BCUT2D eigenvalue weighted by molar-refractivity contribution is -0.304. The van der Waals surface area contributed by atoms with Crippen molar-refractivity contribution in [2.24, 2.45) is 40.7 Å². The number of ether oxygens (including phenoxy) is 3. The van der Waals surface area contributed by atoms with Crippen molar-refractivity contribution in [2.45, 2.75) is 149 Å². The first-order valence-electron chi connectivity index (χ1n) is 24.2. The van der Waals surface area contributed by atoms with Crippen LogP contribution in [-0.4, -0.2) is 138 Å². The minimum atomic E-state index is -1.19. The first-order valence-corrected chi connectivity index (χ1v) is 24.2. The Balaban J connectivity index is 1.47. The van der Waals surface area contributed by atoms with Crippen molar-refractivity contribution < 1.29 is 44.3 Å². The van der Waals surface area contributed by atoms with Crippen LogP contribution in [0.25, 0.3) is 10.8 Å². The summed E-state index contributed by atoms with van der Waals surface area (Å²) in [5.74, 6) is -0.788. The van der Waals surface area contributed by atoms with Crippen LogP contribution in [0.3, 0.4) is 0 Å². The third-order valence-corrected chi connectivity index (χ3v) is 13.9. The van der Waals surface area contributed by atoms with Crippen LogP contribution in [0, 0.1) is 35.5 Å². The van der Waals surface area contributed by atoms with Gasteiger partial charge in [-0.3, -0.25) is 4.79 Å². The van der Waals surface area contributed by atoms with Gasteiger partial charge in [-0.15, -0.1) is 0 Å². The van der Waals surface area contributed by atoms with Gasteiger partial charge in [0, 0.05) is 30.8 Å². The number of piperidine rings is 1. The fraction of sp³-hybridized carbons (Fsp3) is 0.692. The van der Waals surface area contributed by atoms with Gasteiger partial charge >= 0.3 is 5.97 Å². The summed E-state index contributed by atoms with van der Waals surface area (Å²) in [7, 11) is 3.62. The third-order valence-electron chi connectivity index (χ3n) is 13.9. The molecule has 3 aliphatic rings. The number of esters is 1. The highest BCUT2D eigenvalue weighted by Gasteiger charge is 2.47. The first kappa shape index (κ1) is 51.8. The summed E-state index contributed by atoms with van der Waals surface area (Å²) >= 11 is 0. The number of likely N-dealkylation sites (tertiary alicyclic amines) is 1. The Kier molecular flexibility index (Phi) is 20.3. The van der Waals surface area contributed by atoms with Gasteiger partial charge in [0.05, 0.1) is 49.2 Å². The Morgan fingerprint density at radius 3 is 2.33 bits per heavy atom. The summed E-state index contributed by atoms with van der Waals surface area (Å²) in [6.07, 6.45) is 5.02. The highest BCUT2D eigenvalue weighted by atomic mass is 16.7. The van der Waals surface area contributed by atoms with E-state index in [-0.39, 0.29) is 24.9 Å². The SMILES string of the molecule is CC[C@H]1OC(=O)C[C@@H](O)[C@H](C)[C@@H](O[C@@H]2O[C@H](C)[C@@H](O)[C@H](N(C)C)[C@@H]2O)[C@@H](CCN2CC(C)CC(C)C2)C[C@@H](C)C(=N\OCCCCc2ccc3ccccc3c2)/C=C/C(C)=C/C1CO. The summed E-state index contributed by atoms with van der Waals surface area (Å²) in [6, 6.07) is 14.4. The summed E-state index contributed by atoms with van der Waals surface area (Å²) < 4.78 is 19.2. The maximum atomic E-state index is 13.6. The van der Waals surface area contributed by atoms with Gasteiger partial charge in [0.25, 0.3) is 0 Å². The Morgan fingerprint density at radius 1 is 0.922 bits per heavy atom. The molecule has 0 bridgehead atoms. The lowest BCUT2D eigenvalue weighted by atomic mass is 9.79. The topological polar surface area (TPSA) is 154 Å². The van der Waals surface area contributed by atoms with Gasteiger partial charge in [0.2, 0.25) is 0 Å². The minimum absolute atomic E-state index is 0.135. The molecule has 12 nitrogen and oxygen atoms in total. The van der Waals surface area contributed by atoms with Crippen molar-refractivity contribution in [1.82, 2.24) is 9.80 Å². The lowest BCUT2D eigenvalue weighted by Gasteiger charge is -2.47. The normalized spacial score (nSPS) is 36.1. The standard InChI is InChI=1S/C52H81N3O9/c1-10-46-43(32-56)26-33(2)18-21-44(53-61-24-14-13-15-39-19-20-40-16-11-12-17-41(40)28-39)36(5)27-42(22-23-55-30-34(3)25-35(4)31-55)51(37(6)45(57)29-47(58)63-46)64-52-50(60)48(54(8)9)49(59)38(7)62-52/h11-12,16-21,26,28,34-38,42-43,45-46,48-52,56-57,59-60H,10,13-15,22-25,27,29-32H2,1-9H3/b21-18+,33-26+,53-44-/t34?,35?,36-,37+,38-,42+,43?,45-,46-,48+,49-,50+,51-,52+/m1/s1. The molecule has 2 aromatic rings. The maximum absolute atomic E-state index is 13.6. The van der Waals surface area contributed by atoms with Crippen LogP contribution in [0.2, 0.25) is 0 Å². The number of aliphatic hydroxyl groups excluding tert-OH is 4. The monoisotopic (exact) mass is 892 g/mol. The molecule has 0 spiro atoms. The molecule has 2 saturated heterocycles. The second-order valence-electron chi connectivity index (χ2n) is 19.8.